The molecule has 0 fully saturated rings. The monoisotopic (exact) mass is 309 g/mol. The van der Waals surface area contributed by atoms with E-state index in [1.54, 1.807) is 36.6 Å². The molecule has 0 aliphatic heterocycles. The van der Waals surface area contributed by atoms with Crippen LogP contribution in [0, 0.1) is 6.92 Å². The summed E-state index contributed by atoms with van der Waals surface area (Å²) in [5.41, 5.74) is 2.50. The number of thiophene rings is 1. The first-order valence-corrected chi connectivity index (χ1v) is 7.54. The number of carbonyl (C=O) groups is 1. The van der Waals surface area contributed by atoms with Crippen molar-refractivity contribution in [1.29, 1.82) is 0 Å². The lowest BCUT2D eigenvalue weighted by atomic mass is 10.1. The van der Waals surface area contributed by atoms with Crippen molar-refractivity contribution in [2.75, 3.05) is 12.4 Å². The number of amides is 1. The molecule has 0 saturated heterocycles. The first kappa shape index (κ1) is 14.9. The number of methoxy groups -OCH3 is 1. The Labute approximate surface area is 127 Å². The van der Waals surface area contributed by atoms with E-state index in [0.717, 1.165) is 17.5 Å². The number of hydrogen-bond donors (Lipinski definition) is 1. The van der Waals surface area contributed by atoms with Gasteiger partial charge in [0, 0.05) is 15.9 Å². The second-order valence-corrected chi connectivity index (χ2v) is 5.83. The van der Waals surface area contributed by atoms with E-state index in [4.69, 9.17) is 16.3 Å². The summed E-state index contributed by atoms with van der Waals surface area (Å²) in [5, 5.41) is 5.24. The van der Waals surface area contributed by atoms with Gasteiger partial charge in [-0.1, -0.05) is 18.5 Å². The Hall–Kier alpha value is -1.52. The summed E-state index contributed by atoms with van der Waals surface area (Å²) in [6.07, 6.45) is 0.849. The summed E-state index contributed by atoms with van der Waals surface area (Å²) in [5.74, 6) is 0.484. The minimum absolute atomic E-state index is 0.104. The lowest BCUT2D eigenvalue weighted by Gasteiger charge is -2.08. The highest BCUT2D eigenvalue weighted by Gasteiger charge is 2.15. The minimum atomic E-state index is -0.104. The van der Waals surface area contributed by atoms with Gasteiger partial charge in [0.25, 0.3) is 5.91 Å². The molecule has 0 spiro atoms. The highest BCUT2D eigenvalue weighted by atomic mass is 35.5. The largest absolute Gasteiger partial charge is 0.495 e. The molecule has 5 heteroatoms. The topological polar surface area (TPSA) is 38.3 Å². The van der Waals surface area contributed by atoms with E-state index in [2.05, 4.69) is 12.2 Å². The van der Waals surface area contributed by atoms with Gasteiger partial charge in [-0.05, 0) is 37.1 Å². The second-order valence-electron chi connectivity index (χ2n) is 4.34. The highest BCUT2D eigenvalue weighted by molar-refractivity contribution is 7.10. The molecular weight excluding hydrogens is 294 g/mol. The molecule has 1 aromatic heterocycles. The minimum Gasteiger partial charge on any atom is -0.495 e. The maximum Gasteiger partial charge on any atom is 0.256 e. The molecule has 0 aliphatic carbocycles. The van der Waals surface area contributed by atoms with Gasteiger partial charge in [-0.15, -0.1) is 11.3 Å². The predicted octanol–water partition coefficient (Wildman–Crippen LogP) is 4.53. The number of anilines is 1. The van der Waals surface area contributed by atoms with Gasteiger partial charge >= 0.3 is 0 Å². The van der Waals surface area contributed by atoms with Gasteiger partial charge in [-0.25, -0.2) is 0 Å². The van der Waals surface area contributed by atoms with E-state index in [1.165, 1.54) is 4.88 Å². The van der Waals surface area contributed by atoms with Gasteiger partial charge in [-0.3, -0.25) is 4.79 Å². The van der Waals surface area contributed by atoms with Crippen LogP contribution in [0.2, 0.25) is 5.02 Å². The Morgan fingerprint density at radius 3 is 2.80 bits per heavy atom. The van der Waals surface area contributed by atoms with Crippen LogP contribution in [0.1, 0.15) is 27.7 Å². The number of hydrogen-bond acceptors (Lipinski definition) is 3. The molecular formula is C15H16ClNO2S. The molecule has 0 bridgehead atoms. The fourth-order valence-corrected chi connectivity index (χ4v) is 3.25. The fourth-order valence-electron chi connectivity index (χ4n) is 2.05. The maximum atomic E-state index is 12.3. The van der Waals surface area contributed by atoms with Crippen LogP contribution in [-0.2, 0) is 6.42 Å². The zero-order valence-corrected chi connectivity index (χ0v) is 13.2. The number of carbonyl (C=O) groups excluding carboxylic acids is 1. The van der Waals surface area contributed by atoms with Crippen LogP contribution in [-0.4, -0.2) is 13.0 Å². The van der Waals surface area contributed by atoms with E-state index in [1.807, 2.05) is 12.3 Å². The average Bonchev–Trinajstić information content (AvgIpc) is 2.80. The number of benzene rings is 1. The van der Waals surface area contributed by atoms with Gasteiger partial charge in [0.15, 0.2) is 0 Å². The Morgan fingerprint density at radius 2 is 2.20 bits per heavy atom. The smallest absolute Gasteiger partial charge is 0.256 e. The third-order valence-corrected chi connectivity index (χ3v) is 4.36. The molecule has 1 amide bonds. The van der Waals surface area contributed by atoms with Crippen LogP contribution in [0.3, 0.4) is 0 Å². The van der Waals surface area contributed by atoms with Gasteiger partial charge in [0.1, 0.15) is 5.75 Å². The second kappa shape index (κ2) is 6.29. The highest BCUT2D eigenvalue weighted by Crippen LogP contribution is 2.28. The molecule has 2 rings (SSSR count). The van der Waals surface area contributed by atoms with E-state index < -0.39 is 0 Å². The Kier molecular flexibility index (Phi) is 4.68. The molecule has 1 aromatic carbocycles. The molecule has 1 heterocycles. The summed E-state index contributed by atoms with van der Waals surface area (Å²) in [6, 6.07) is 5.19. The van der Waals surface area contributed by atoms with Gasteiger partial charge in [-0.2, -0.15) is 0 Å². The van der Waals surface area contributed by atoms with Gasteiger partial charge in [0.2, 0.25) is 0 Å². The molecule has 2 aromatic rings. The van der Waals surface area contributed by atoms with Crippen LogP contribution in [0.5, 0.6) is 5.75 Å². The molecule has 1 N–H and O–H groups in total. The van der Waals surface area contributed by atoms with E-state index in [0.29, 0.717) is 16.5 Å². The third-order valence-electron chi connectivity index (χ3n) is 3.11. The summed E-state index contributed by atoms with van der Waals surface area (Å²) in [7, 11) is 1.56. The zero-order chi connectivity index (χ0) is 14.7. The summed E-state index contributed by atoms with van der Waals surface area (Å²) >= 11 is 7.64. The van der Waals surface area contributed by atoms with Crippen molar-refractivity contribution in [2.45, 2.75) is 20.3 Å². The summed E-state index contributed by atoms with van der Waals surface area (Å²) in [6.45, 7) is 4.08. The van der Waals surface area contributed by atoms with Crippen LogP contribution in [0.15, 0.2) is 23.6 Å². The van der Waals surface area contributed by atoms with E-state index in [-0.39, 0.29) is 5.91 Å². The first-order chi connectivity index (χ1) is 9.56. The quantitative estimate of drug-likeness (QED) is 0.901. The van der Waals surface area contributed by atoms with Crippen molar-refractivity contribution in [3.63, 3.8) is 0 Å². The van der Waals surface area contributed by atoms with Crippen LogP contribution in [0.4, 0.5) is 5.69 Å². The average molecular weight is 310 g/mol. The van der Waals surface area contributed by atoms with Crippen LogP contribution in [0.25, 0.3) is 0 Å². The Balaban J connectivity index is 2.21. The van der Waals surface area contributed by atoms with Gasteiger partial charge in [0.05, 0.1) is 17.7 Å². The third kappa shape index (κ3) is 2.97. The molecule has 20 heavy (non-hydrogen) atoms. The number of ether oxygens (including phenoxy) is 1. The molecule has 106 valence electrons. The standard InChI is InChI=1S/C15H16ClNO2S/c1-4-11-9(2)20-8-12(11)15(18)17-10-5-6-14(19-3)13(16)7-10/h5-8H,4H2,1-3H3,(H,17,18). The SMILES string of the molecule is CCc1c(C(=O)Nc2ccc(OC)c(Cl)c2)csc1C. The lowest BCUT2D eigenvalue weighted by molar-refractivity contribution is 0.102. The van der Waals surface area contributed by atoms with Crippen molar-refractivity contribution >= 4 is 34.5 Å². The van der Waals surface area contributed by atoms with E-state index in [9.17, 15) is 4.79 Å². The molecule has 0 atom stereocenters. The first-order valence-electron chi connectivity index (χ1n) is 6.28. The lowest BCUT2D eigenvalue weighted by Crippen LogP contribution is -2.13. The Bertz CT molecular complexity index is 637. The van der Waals surface area contributed by atoms with Crippen LogP contribution >= 0.6 is 22.9 Å². The van der Waals surface area contributed by atoms with Crippen LogP contribution < -0.4 is 10.1 Å². The molecule has 0 saturated carbocycles. The van der Waals surface area contributed by atoms with Crippen molar-refractivity contribution in [3.8, 4) is 5.75 Å². The summed E-state index contributed by atoms with van der Waals surface area (Å²) in [4.78, 5) is 13.5. The van der Waals surface area contributed by atoms with Gasteiger partial charge < -0.3 is 10.1 Å². The van der Waals surface area contributed by atoms with E-state index >= 15 is 0 Å². The van der Waals surface area contributed by atoms with Crippen molar-refractivity contribution in [1.82, 2.24) is 0 Å². The number of nitrogens with one attached hydrogen (secondary N) is 1. The predicted molar refractivity (Wildman–Crippen MR) is 84.4 cm³/mol. The number of aryl methyl sites for hydroxylation is 1. The number of halogens is 1. The van der Waals surface area contributed by atoms with Crippen molar-refractivity contribution < 1.29 is 9.53 Å². The van der Waals surface area contributed by atoms with Crippen molar-refractivity contribution in [3.05, 3.63) is 44.6 Å². The van der Waals surface area contributed by atoms with Crippen molar-refractivity contribution in [2.24, 2.45) is 0 Å². The number of rotatable bonds is 4. The molecule has 0 aliphatic rings. The Morgan fingerprint density at radius 1 is 1.45 bits per heavy atom. The zero-order valence-electron chi connectivity index (χ0n) is 11.6. The molecule has 0 unspecified atom stereocenters. The maximum absolute atomic E-state index is 12.3. The molecule has 0 radical (unpaired) electrons. The fraction of sp³-hybridized carbons (Fsp3) is 0.267. The molecule has 3 nitrogen and oxygen atoms in total. The summed E-state index contributed by atoms with van der Waals surface area (Å²) < 4.78 is 5.09. The normalized spacial score (nSPS) is 10.4.